The molecule has 0 saturated heterocycles. The molecule has 0 heterocycles. The van der Waals surface area contributed by atoms with Crippen molar-refractivity contribution >= 4 is 11.6 Å². The fraction of sp³-hybridized carbons (Fsp3) is 1.00. The van der Waals surface area contributed by atoms with Gasteiger partial charge in [0.25, 0.3) is 0 Å². The molecule has 0 aliphatic rings. The highest BCUT2D eigenvalue weighted by atomic mass is 35.5. The summed E-state index contributed by atoms with van der Waals surface area (Å²) in [5.74, 6) is 0.583. The molecule has 0 aromatic heterocycles. The number of alkyl halides is 1. The van der Waals surface area contributed by atoms with Gasteiger partial charge in [-0.25, -0.2) is 0 Å². The standard InChI is InChI=1S/C8H17Cl/c1-5-6-8(4,9)7(2)3/h7H,5-6H2,1-4H3. The van der Waals surface area contributed by atoms with E-state index in [-0.39, 0.29) is 4.87 Å². The van der Waals surface area contributed by atoms with Crippen LogP contribution in [0.15, 0.2) is 0 Å². The molecule has 0 aliphatic carbocycles. The summed E-state index contributed by atoms with van der Waals surface area (Å²) in [7, 11) is 0. The molecule has 0 saturated carbocycles. The predicted octanol–water partition coefficient (Wildman–Crippen LogP) is 3.44. The molecule has 0 N–H and O–H groups in total. The van der Waals surface area contributed by atoms with Crippen LogP contribution in [-0.2, 0) is 0 Å². The summed E-state index contributed by atoms with van der Waals surface area (Å²) in [6, 6.07) is 0. The van der Waals surface area contributed by atoms with Gasteiger partial charge in [0.2, 0.25) is 0 Å². The molecule has 1 unspecified atom stereocenters. The van der Waals surface area contributed by atoms with Crippen LogP contribution in [0.4, 0.5) is 0 Å². The molecule has 0 nitrogen and oxygen atoms in total. The lowest BCUT2D eigenvalue weighted by Crippen LogP contribution is -2.23. The molecule has 0 bridgehead atoms. The monoisotopic (exact) mass is 148 g/mol. The van der Waals surface area contributed by atoms with Crippen molar-refractivity contribution < 1.29 is 0 Å². The number of hydrogen-bond donors (Lipinski definition) is 0. The Balaban J connectivity index is 3.70. The van der Waals surface area contributed by atoms with E-state index in [1.165, 1.54) is 6.42 Å². The normalized spacial score (nSPS) is 18.0. The van der Waals surface area contributed by atoms with Gasteiger partial charge in [-0.1, -0.05) is 27.2 Å². The maximum atomic E-state index is 6.17. The first-order chi connectivity index (χ1) is 4.00. The number of halogens is 1. The molecular weight excluding hydrogens is 132 g/mol. The fourth-order valence-corrected chi connectivity index (χ4v) is 0.966. The molecule has 0 radical (unpaired) electrons. The van der Waals surface area contributed by atoms with Crippen LogP contribution in [0.1, 0.15) is 40.5 Å². The predicted molar refractivity (Wildman–Crippen MR) is 44.0 cm³/mol. The average Bonchev–Trinajstić information content (AvgIpc) is 1.65. The van der Waals surface area contributed by atoms with E-state index in [1.807, 2.05) is 0 Å². The van der Waals surface area contributed by atoms with E-state index in [2.05, 4.69) is 27.7 Å². The van der Waals surface area contributed by atoms with E-state index in [0.29, 0.717) is 5.92 Å². The van der Waals surface area contributed by atoms with Crippen molar-refractivity contribution in [1.29, 1.82) is 0 Å². The van der Waals surface area contributed by atoms with Crippen LogP contribution in [0.25, 0.3) is 0 Å². The number of rotatable bonds is 3. The number of hydrogen-bond acceptors (Lipinski definition) is 0. The molecule has 56 valence electrons. The molecule has 0 aliphatic heterocycles. The second-order valence-electron chi connectivity index (χ2n) is 3.18. The second kappa shape index (κ2) is 3.46. The summed E-state index contributed by atoms with van der Waals surface area (Å²) in [6.07, 6.45) is 2.30. The minimum atomic E-state index is 0.0226. The van der Waals surface area contributed by atoms with Crippen LogP contribution in [-0.4, -0.2) is 4.87 Å². The first-order valence-corrected chi connectivity index (χ1v) is 4.07. The Hall–Kier alpha value is 0.290. The van der Waals surface area contributed by atoms with Gasteiger partial charge in [0.05, 0.1) is 0 Å². The first kappa shape index (κ1) is 9.29. The van der Waals surface area contributed by atoms with Gasteiger partial charge in [0.1, 0.15) is 0 Å². The Morgan fingerprint density at radius 2 is 1.89 bits per heavy atom. The molecule has 0 amide bonds. The van der Waals surface area contributed by atoms with Crippen LogP contribution in [0.2, 0.25) is 0 Å². The summed E-state index contributed by atoms with van der Waals surface area (Å²) < 4.78 is 0. The molecule has 9 heavy (non-hydrogen) atoms. The largest absolute Gasteiger partial charge is 0.119 e. The van der Waals surface area contributed by atoms with Gasteiger partial charge in [-0.3, -0.25) is 0 Å². The van der Waals surface area contributed by atoms with Crippen molar-refractivity contribution in [2.24, 2.45) is 5.92 Å². The van der Waals surface area contributed by atoms with Gasteiger partial charge in [0.15, 0.2) is 0 Å². The molecular formula is C8H17Cl. The third-order valence-electron chi connectivity index (χ3n) is 1.94. The third-order valence-corrected chi connectivity index (χ3v) is 2.57. The molecule has 0 rings (SSSR count). The molecule has 0 fully saturated rings. The Labute approximate surface area is 63.6 Å². The minimum absolute atomic E-state index is 0.0226. The lowest BCUT2D eigenvalue weighted by molar-refractivity contribution is 0.425. The zero-order chi connectivity index (χ0) is 7.49. The lowest BCUT2D eigenvalue weighted by atomic mass is 9.93. The quantitative estimate of drug-likeness (QED) is 0.538. The highest BCUT2D eigenvalue weighted by Gasteiger charge is 2.23. The van der Waals surface area contributed by atoms with E-state index in [1.54, 1.807) is 0 Å². The van der Waals surface area contributed by atoms with E-state index < -0.39 is 0 Å². The van der Waals surface area contributed by atoms with Crippen molar-refractivity contribution in [3.63, 3.8) is 0 Å². The van der Waals surface area contributed by atoms with Gasteiger partial charge in [-0.2, -0.15) is 0 Å². The van der Waals surface area contributed by atoms with E-state index in [0.717, 1.165) is 6.42 Å². The van der Waals surface area contributed by atoms with Crippen molar-refractivity contribution in [2.45, 2.75) is 45.4 Å². The van der Waals surface area contributed by atoms with Crippen LogP contribution >= 0.6 is 11.6 Å². The second-order valence-corrected chi connectivity index (χ2v) is 4.05. The van der Waals surface area contributed by atoms with Crippen LogP contribution < -0.4 is 0 Å². The summed E-state index contributed by atoms with van der Waals surface area (Å²) >= 11 is 6.17. The molecule has 1 atom stereocenters. The Morgan fingerprint density at radius 1 is 1.44 bits per heavy atom. The van der Waals surface area contributed by atoms with E-state index in [9.17, 15) is 0 Å². The van der Waals surface area contributed by atoms with Crippen molar-refractivity contribution in [1.82, 2.24) is 0 Å². The molecule has 0 aromatic carbocycles. The van der Waals surface area contributed by atoms with Gasteiger partial charge in [-0.15, -0.1) is 11.6 Å². The van der Waals surface area contributed by atoms with Crippen LogP contribution in [0.3, 0.4) is 0 Å². The van der Waals surface area contributed by atoms with Crippen molar-refractivity contribution in [3.05, 3.63) is 0 Å². The zero-order valence-corrected chi connectivity index (χ0v) is 7.63. The zero-order valence-electron chi connectivity index (χ0n) is 6.87. The van der Waals surface area contributed by atoms with Gasteiger partial charge >= 0.3 is 0 Å². The third kappa shape index (κ3) is 3.10. The minimum Gasteiger partial charge on any atom is -0.119 e. The summed E-state index contributed by atoms with van der Waals surface area (Å²) in [4.78, 5) is 0.0226. The lowest BCUT2D eigenvalue weighted by Gasteiger charge is -2.25. The molecule has 0 spiro atoms. The van der Waals surface area contributed by atoms with Crippen molar-refractivity contribution in [2.75, 3.05) is 0 Å². The average molecular weight is 149 g/mol. The van der Waals surface area contributed by atoms with E-state index in [4.69, 9.17) is 11.6 Å². The topological polar surface area (TPSA) is 0 Å². The van der Waals surface area contributed by atoms with Crippen LogP contribution in [0.5, 0.6) is 0 Å². The van der Waals surface area contributed by atoms with Crippen molar-refractivity contribution in [3.8, 4) is 0 Å². The SMILES string of the molecule is CCCC(C)(Cl)C(C)C. The maximum Gasteiger partial charge on any atom is 0.0441 e. The van der Waals surface area contributed by atoms with Gasteiger partial charge in [-0.05, 0) is 19.3 Å². The summed E-state index contributed by atoms with van der Waals surface area (Å²) in [5, 5.41) is 0. The summed E-state index contributed by atoms with van der Waals surface area (Å²) in [5.41, 5.74) is 0. The molecule has 0 aromatic rings. The Morgan fingerprint density at radius 3 is 2.00 bits per heavy atom. The highest BCUT2D eigenvalue weighted by Crippen LogP contribution is 2.29. The Kier molecular flexibility index (Phi) is 3.57. The van der Waals surface area contributed by atoms with Crippen LogP contribution in [0, 0.1) is 5.92 Å². The fourth-order valence-electron chi connectivity index (χ4n) is 0.778. The van der Waals surface area contributed by atoms with E-state index >= 15 is 0 Å². The smallest absolute Gasteiger partial charge is 0.0441 e. The summed E-state index contributed by atoms with van der Waals surface area (Å²) in [6.45, 7) is 8.62. The highest BCUT2D eigenvalue weighted by molar-refractivity contribution is 6.23. The van der Waals surface area contributed by atoms with Gasteiger partial charge < -0.3 is 0 Å². The maximum absolute atomic E-state index is 6.17. The first-order valence-electron chi connectivity index (χ1n) is 3.69. The molecule has 1 heteroatoms. The van der Waals surface area contributed by atoms with Gasteiger partial charge in [0, 0.05) is 4.87 Å². The Bertz CT molecular complexity index is 74.6.